The molecule has 3 nitrogen and oxygen atoms in total. The second-order valence-electron chi connectivity index (χ2n) is 1.71. The average Bonchev–Trinajstić information content (AvgIpc) is 1.82. The van der Waals surface area contributed by atoms with E-state index in [1.807, 2.05) is 6.26 Å². The molecule has 0 aliphatic carbocycles. The van der Waals surface area contributed by atoms with Gasteiger partial charge in [0, 0.05) is 23.1 Å². The van der Waals surface area contributed by atoms with Gasteiger partial charge in [-0.15, -0.1) is 0 Å². The Kier molecular flexibility index (Phi) is 9.58. The first-order valence-electron chi connectivity index (χ1n) is 2.64. The van der Waals surface area contributed by atoms with Crippen LogP contribution >= 0.6 is 11.8 Å². The van der Waals surface area contributed by atoms with Crippen molar-refractivity contribution < 1.29 is 27.0 Å². The van der Waals surface area contributed by atoms with Crippen molar-refractivity contribution in [1.82, 2.24) is 0 Å². The Bertz CT molecular complexity index is 102. The molecule has 61 valence electrons. The van der Waals surface area contributed by atoms with Gasteiger partial charge in [-0.3, -0.25) is 0 Å². The van der Waals surface area contributed by atoms with Crippen LogP contribution in [0.25, 0.3) is 0 Å². The summed E-state index contributed by atoms with van der Waals surface area (Å²) >= 11 is 1.58. The van der Waals surface area contributed by atoms with Crippen LogP contribution in [-0.4, -0.2) is 24.0 Å². The third kappa shape index (κ3) is 6.42. The van der Waals surface area contributed by atoms with Gasteiger partial charge in [0.1, 0.15) is 0 Å². The van der Waals surface area contributed by atoms with Crippen LogP contribution in [0.3, 0.4) is 0 Å². The molecule has 0 aromatic heterocycles. The normalized spacial score (nSPS) is 11.8. The number of hydrogen-bond acceptors (Lipinski definition) is 4. The fourth-order valence-corrected chi connectivity index (χ4v) is 0.852. The molecule has 1 radical (unpaired) electrons. The number of carbonyl (C=O) groups is 1. The van der Waals surface area contributed by atoms with E-state index in [9.17, 15) is 9.90 Å². The largest absolute Gasteiger partial charge is 0.548 e. The van der Waals surface area contributed by atoms with Gasteiger partial charge in [-0.25, -0.2) is 0 Å². The van der Waals surface area contributed by atoms with Gasteiger partial charge in [-0.05, 0) is 18.4 Å². The van der Waals surface area contributed by atoms with Gasteiger partial charge >= 0.3 is 0 Å². The molecular formula is C5H10MnNO2S-. The first-order valence-corrected chi connectivity index (χ1v) is 4.03. The van der Waals surface area contributed by atoms with Crippen molar-refractivity contribution in [3.05, 3.63) is 0 Å². The Labute approximate surface area is 75.2 Å². The Morgan fingerprint density at radius 2 is 2.30 bits per heavy atom. The molecule has 1 unspecified atom stereocenters. The fraction of sp³-hybridized carbons (Fsp3) is 0.800. The summed E-state index contributed by atoms with van der Waals surface area (Å²) in [6, 6.07) is -0.794. The third-order valence-electron chi connectivity index (χ3n) is 0.936. The summed E-state index contributed by atoms with van der Waals surface area (Å²) in [5.74, 6) is -0.390. The molecule has 0 aromatic carbocycles. The summed E-state index contributed by atoms with van der Waals surface area (Å²) in [4.78, 5) is 9.96. The zero-order valence-corrected chi connectivity index (χ0v) is 7.67. The van der Waals surface area contributed by atoms with E-state index >= 15 is 0 Å². The summed E-state index contributed by atoms with van der Waals surface area (Å²) in [6.45, 7) is 0. The number of hydrogen-bond donors (Lipinski definition) is 1. The monoisotopic (exact) mass is 203 g/mol. The molecule has 0 aliphatic rings. The zero-order valence-electron chi connectivity index (χ0n) is 5.67. The van der Waals surface area contributed by atoms with Crippen LogP contribution in [-0.2, 0) is 21.9 Å². The van der Waals surface area contributed by atoms with E-state index in [1.54, 1.807) is 11.8 Å². The smallest absolute Gasteiger partial charge is 0.0582 e. The third-order valence-corrected chi connectivity index (χ3v) is 1.58. The quantitative estimate of drug-likeness (QED) is 0.584. The predicted octanol–water partition coefficient (Wildman–Crippen LogP) is -1.19. The minimum Gasteiger partial charge on any atom is -0.548 e. The molecule has 0 rings (SSSR count). The summed E-state index contributed by atoms with van der Waals surface area (Å²) in [5, 5.41) is 9.96. The van der Waals surface area contributed by atoms with E-state index in [1.165, 1.54) is 0 Å². The van der Waals surface area contributed by atoms with E-state index in [0.717, 1.165) is 5.75 Å². The van der Waals surface area contributed by atoms with E-state index in [2.05, 4.69) is 0 Å². The molecule has 0 aliphatic heterocycles. The van der Waals surface area contributed by atoms with E-state index in [-0.39, 0.29) is 17.1 Å². The van der Waals surface area contributed by atoms with Crippen LogP contribution in [0.5, 0.6) is 0 Å². The standard InChI is InChI=1S/C5H11NO2S.Mn/c1-9-3-2-4(6)5(7)8;/h4H,2-3,6H2,1H3,(H,7,8);/p-1. The number of aliphatic carboxylic acids is 1. The van der Waals surface area contributed by atoms with Crippen molar-refractivity contribution in [2.45, 2.75) is 12.5 Å². The maximum absolute atomic E-state index is 9.96. The van der Waals surface area contributed by atoms with Crippen LogP contribution < -0.4 is 10.8 Å². The van der Waals surface area contributed by atoms with Gasteiger partial charge < -0.3 is 15.6 Å². The zero-order chi connectivity index (χ0) is 7.28. The molecule has 0 heterocycles. The minimum atomic E-state index is -1.16. The molecule has 10 heavy (non-hydrogen) atoms. The van der Waals surface area contributed by atoms with Crippen molar-refractivity contribution in [2.24, 2.45) is 5.73 Å². The molecule has 0 bridgehead atoms. The summed E-state index contributed by atoms with van der Waals surface area (Å²) in [5.41, 5.74) is 5.13. The van der Waals surface area contributed by atoms with Gasteiger partial charge in [0.15, 0.2) is 0 Å². The van der Waals surface area contributed by atoms with Crippen LogP contribution in [0.4, 0.5) is 0 Å². The van der Waals surface area contributed by atoms with Gasteiger partial charge in [-0.1, -0.05) is 0 Å². The molecule has 0 saturated heterocycles. The van der Waals surface area contributed by atoms with E-state index in [0.29, 0.717) is 6.42 Å². The van der Waals surface area contributed by atoms with Gasteiger partial charge in [0.05, 0.1) is 5.97 Å². The second kappa shape index (κ2) is 7.41. The summed E-state index contributed by atoms with van der Waals surface area (Å²) in [7, 11) is 0. The second-order valence-corrected chi connectivity index (χ2v) is 2.69. The predicted molar refractivity (Wildman–Crippen MR) is 36.0 cm³/mol. The van der Waals surface area contributed by atoms with Crippen molar-refractivity contribution >= 4 is 17.7 Å². The Morgan fingerprint density at radius 3 is 2.60 bits per heavy atom. The van der Waals surface area contributed by atoms with Gasteiger partial charge in [-0.2, -0.15) is 11.8 Å². The number of carbonyl (C=O) groups excluding carboxylic acids is 1. The molecule has 1 atom stereocenters. The minimum absolute atomic E-state index is 0. The molecule has 5 heteroatoms. The Hall–Kier alpha value is 0.299. The van der Waals surface area contributed by atoms with E-state index in [4.69, 9.17) is 5.73 Å². The van der Waals surface area contributed by atoms with Crippen molar-refractivity contribution in [3.63, 3.8) is 0 Å². The SMILES string of the molecule is CSCCC(N)C(=O)[O-].[Mn]. The molecule has 0 saturated carbocycles. The van der Waals surface area contributed by atoms with Crippen molar-refractivity contribution in [2.75, 3.05) is 12.0 Å². The summed E-state index contributed by atoms with van der Waals surface area (Å²) in [6.07, 6.45) is 2.39. The topological polar surface area (TPSA) is 66.2 Å². The molecule has 0 amide bonds. The first kappa shape index (κ1) is 12.9. The summed E-state index contributed by atoms with van der Waals surface area (Å²) < 4.78 is 0. The molecule has 2 N–H and O–H groups in total. The van der Waals surface area contributed by atoms with Crippen LogP contribution in [0.2, 0.25) is 0 Å². The number of carboxylic acids is 1. The van der Waals surface area contributed by atoms with Gasteiger partial charge in [0.2, 0.25) is 0 Å². The maximum Gasteiger partial charge on any atom is 0.0582 e. The number of thioether (sulfide) groups is 1. The van der Waals surface area contributed by atoms with Crippen LogP contribution in [0.15, 0.2) is 0 Å². The van der Waals surface area contributed by atoms with E-state index < -0.39 is 12.0 Å². The van der Waals surface area contributed by atoms with Crippen molar-refractivity contribution in [3.8, 4) is 0 Å². The van der Waals surface area contributed by atoms with Crippen LogP contribution in [0, 0.1) is 0 Å². The fourth-order valence-electron chi connectivity index (χ4n) is 0.363. The number of carboxylic acid groups (broad SMARTS) is 1. The Balaban J connectivity index is 0. The first-order chi connectivity index (χ1) is 4.18. The molecular weight excluding hydrogens is 193 g/mol. The number of rotatable bonds is 4. The average molecular weight is 203 g/mol. The molecule has 0 spiro atoms. The Morgan fingerprint density at radius 1 is 1.80 bits per heavy atom. The van der Waals surface area contributed by atoms with Gasteiger partial charge in [0.25, 0.3) is 0 Å². The van der Waals surface area contributed by atoms with Crippen LogP contribution in [0.1, 0.15) is 6.42 Å². The molecule has 0 aromatic rings. The molecule has 0 fully saturated rings. The maximum atomic E-state index is 9.96. The number of nitrogens with two attached hydrogens (primary N) is 1. The van der Waals surface area contributed by atoms with Crippen molar-refractivity contribution in [1.29, 1.82) is 0 Å².